The number of hydrogen-bond donors (Lipinski definition) is 1. The van der Waals surface area contributed by atoms with Crippen molar-refractivity contribution in [3.63, 3.8) is 0 Å². The number of hydrogen-bond acceptors (Lipinski definition) is 2. The summed E-state index contributed by atoms with van der Waals surface area (Å²) in [5.41, 5.74) is 0. The molecule has 4 unspecified atom stereocenters. The first kappa shape index (κ1) is 11.7. The SMILES string of the molecule is CC(C)C1CCC(C)C(C(C)O)C1=O. The minimum atomic E-state index is -0.487. The Morgan fingerprint density at radius 1 is 1.29 bits per heavy atom. The molecule has 14 heavy (non-hydrogen) atoms. The van der Waals surface area contributed by atoms with E-state index in [2.05, 4.69) is 20.8 Å². The average molecular weight is 198 g/mol. The van der Waals surface area contributed by atoms with Crippen molar-refractivity contribution < 1.29 is 9.90 Å². The molecule has 0 amide bonds. The Morgan fingerprint density at radius 2 is 1.86 bits per heavy atom. The highest BCUT2D eigenvalue weighted by Crippen LogP contribution is 2.36. The molecule has 0 saturated heterocycles. The number of ketones is 1. The van der Waals surface area contributed by atoms with Gasteiger partial charge in [-0.25, -0.2) is 0 Å². The third-order valence-electron chi connectivity index (χ3n) is 3.56. The molecule has 82 valence electrons. The Labute approximate surface area is 86.7 Å². The number of aliphatic hydroxyl groups excluding tert-OH is 1. The van der Waals surface area contributed by atoms with Crippen LogP contribution in [0.15, 0.2) is 0 Å². The smallest absolute Gasteiger partial charge is 0.142 e. The predicted octanol–water partition coefficient (Wildman–Crippen LogP) is 2.25. The zero-order chi connectivity index (χ0) is 10.9. The predicted molar refractivity (Wildman–Crippen MR) is 56.9 cm³/mol. The molecular weight excluding hydrogens is 176 g/mol. The largest absolute Gasteiger partial charge is 0.393 e. The van der Waals surface area contributed by atoms with E-state index < -0.39 is 6.10 Å². The molecule has 2 heteroatoms. The molecule has 0 heterocycles. The van der Waals surface area contributed by atoms with Crippen molar-refractivity contribution in [1.82, 2.24) is 0 Å². The first-order chi connectivity index (χ1) is 6.45. The molecule has 1 saturated carbocycles. The van der Waals surface area contributed by atoms with Crippen LogP contribution < -0.4 is 0 Å². The molecule has 0 bridgehead atoms. The lowest BCUT2D eigenvalue weighted by molar-refractivity contribution is -0.137. The summed E-state index contributed by atoms with van der Waals surface area (Å²) >= 11 is 0. The van der Waals surface area contributed by atoms with Gasteiger partial charge in [-0.1, -0.05) is 20.8 Å². The maximum atomic E-state index is 12.1. The van der Waals surface area contributed by atoms with Crippen molar-refractivity contribution in [3.05, 3.63) is 0 Å². The second kappa shape index (κ2) is 4.43. The fourth-order valence-corrected chi connectivity index (χ4v) is 2.67. The van der Waals surface area contributed by atoms with E-state index in [1.54, 1.807) is 6.92 Å². The quantitative estimate of drug-likeness (QED) is 0.739. The van der Waals surface area contributed by atoms with Gasteiger partial charge in [0.1, 0.15) is 5.78 Å². The highest BCUT2D eigenvalue weighted by Gasteiger charge is 2.39. The Kier molecular flexibility index (Phi) is 3.71. The Bertz CT molecular complexity index is 208. The Hall–Kier alpha value is -0.370. The van der Waals surface area contributed by atoms with E-state index in [4.69, 9.17) is 0 Å². The van der Waals surface area contributed by atoms with Gasteiger partial charge >= 0.3 is 0 Å². The number of Topliss-reactive ketones (excluding diaryl/α,β-unsaturated/α-hetero) is 1. The van der Waals surface area contributed by atoms with Crippen LogP contribution in [-0.2, 0) is 4.79 Å². The molecule has 1 aliphatic carbocycles. The molecule has 0 spiro atoms. The first-order valence-electron chi connectivity index (χ1n) is 5.67. The zero-order valence-corrected chi connectivity index (χ0v) is 9.66. The van der Waals surface area contributed by atoms with Crippen LogP contribution in [0.4, 0.5) is 0 Å². The zero-order valence-electron chi connectivity index (χ0n) is 9.66. The van der Waals surface area contributed by atoms with Gasteiger partial charge in [-0.3, -0.25) is 4.79 Å². The van der Waals surface area contributed by atoms with Gasteiger partial charge in [0.15, 0.2) is 0 Å². The lowest BCUT2D eigenvalue weighted by atomic mass is 9.68. The molecule has 1 fully saturated rings. The van der Waals surface area contributed by atoms with E-state index >= 15 is 0 Å². The molecule has 0 aromatic carbocycles. The van der Waals surface area contributed by atoms with E-state index in [0.717, 1.165) is 12.8 Å². The van der Waals surface area contributed by atoms with Crippen LogP contribution >= 0.6 is 0 Å². The van der Waals surface area contributed by atoms with Crippen LogP contribution in [0.25, 0.3) is 0 Å². The van der Waals surface area contributed by atoms with Crippen LogP contribution in [0.3, 0.4) is 0 Å². The minimum absolute atomic E-state index is 0.129. The van der Waals surface area contributed by atoms with Crippen LogP contribution in [0.1, 0.15) is 40.5 Å². The van der Waals surface area contributed by atoms with Crippen LogP contribution in [0.5, 0.6) is 0 Å². The van der Waals surface area contributed by atoms with Gasteiger partial charge in [-0.2, -0.15) is 0 Å². The van der Waals surface area contributed by atoms with E-state index in [1.165, 1.54) is 0 Å². The molecule has 1 rings (SSSR count). The summed E-state index contributed by atoms with van der Waals surface area (Å²) in [5, 5.41) is 9.60. The van der Waals surface area contributed by atoms with Gasteiger partial charge < -0.3 is 5.11 Å². The number of rotatable bonds is 2. The number of carbonyl (C=O) groups is 1. The summed E-state index contributed by atoms with van der Waals surface area (Å²) in [7, 11) is 0. The summed E-state index contributed by atoms with van der Waals surface area (Å²) < 4.78 is 0. The molecule has 0 radical (unpaired) electrons. The van der Waals surface area contributed by atoms with E-state index in [9.17, 15) is 9.90 Å². The summed E-state index contributed by atoms with van der Waals surface area (Å²) in [5.74, 6) is 1.09. The Morgan fingerprint density at radius 3 is 2.29 bits per heavy atom. The average Bonchev–Trinajstić information content (AvgIpc) is 2.02. The summed E-state index contributed by atoms with van der Waals surface area (Å²) in [6.45, 7) is 8.00. The fourth-order valence-electron chi connectivity index (χ4n) is 2.67. The molecular formula is C12H22O2. The van der Waals surface area contributed by atoms with Crippen molar-refractivity contribution in [3.8, 4) is 0 Å². The van der Waals surface area contributed by atoms with Gasteiger partial charge in [0.2, 0.25) is 0 Å². The molecule has 0 aliphatic heterocycles. The Balaban J connectivity index is 2.77. The summed E-state index contributed by atoms with van der Waals surface area (Å²) in [6.07, 6.45) is 1.59. The number of carbonyl (C=O) groups excluding carboxylic acids is 1. The van der Waals surface area contributed by atoms with Crippen LogP contribution in [-0.4, -0.2) is 17.0 Å². The van der Waals surface area contributed by atoms with Gasteiger partial charge in [0.25, 0.3) is 0 Å². The topological polar surface area (TPSA) is 37.3 Å². The molecule has 1 aliphatic rings. The summed E-state index contributed by atoms with van der Waals surface area (Å²) in [6, 6.07) is 0. The molecule has 4 atom stereocenters. The molecule has 0 aromatic rings. The standard InChI is InChI=1S/C12H22O2/c1-7(2)10-6-5-8(3)11(9(4)13)12(10)14/h7-11,13H,5-6H2,1-4H3. The van der Waals surface area contributed by atoms with Gasteiger partial charge in [-0.15, -0.1) is 0 Å². The lowest BCUT2D eigenvalue weighted by Gasteiger charge is -2.36. The van der Waals surface area contributed by atoms with E-state index in [-0.39, 0.29) is 17.6 Å². The van der Waals surface area contributed by atoms with Crippen molar-refractivity contribution in [1.29, 1.82) is 0 Å². The third-order valence-corrected chi connectivity index (χ3v) is 3.56. The van der Waals surface area contributed by atoms with Gasteiger partial charge in [0, 0.05) is 11.8 Å². The van der Waals surface area contributed by atoms with Crippen molar-refractivity contribution >= 4 is 5.78 Å². The second-order valence-electron chi connectivity index (χ2n) is 5.07. The van der Waals surface area contributed by atoms with E-state index in [1.807, 2.05) is 0 Å². The third kappa shape index (κ3) is 2.17. The van der Waals surface area contributed by atoms with Crippen LogP contribution in [0.2, 0.25) is 0 Å². The lowest BCUT2D eigenvalue weighted by Crippen LogP contribution is -2.41. The van der Waals surface area contributed by atoms with Crippen LogP contribution in [0, 0.1) is 23.7 Å². The minimum Gasteiger partial charge on any atom is -0.393 e. The fraction of sp³-hybridized carbons (Fsp3) is 0.917. The maximum Gasteiger partial charge on any atom is 0.142 e. The van der Waals surface area contributed by atoms with Crippen molar-refractivity contribution in [2.75, 3.05) is 0 Å². The van der Waals surface area contributed by atoms with Crippen molar-refractivity contribution in [2.24, 2.45) is 23.7 Å². The monoisotopic (exact) mass is 198 g/mol. The molecule has 2 nitrogen and oxygen atoms in total. The maximum absolute atomic E-state index is 12.1. The molecule has 1 N–H and O–H groups in total. The number of aliphatic hydroxyl groups is 1. The van der Waals surface area contributed by atoms with Crippen molar-refractivity contribution in [2.45, 2.75) is 46.6 Å². The second-order valence-corrected chi connectivity index (χ2v) is 5.07. The normalized spacial score (nSPS) is 36.1. The highest BCUT2D eigenvalue weighted by molar-refractivity contribution is 5.85. The van der Waals surface area contributed by atoms with E-state index in [0.29, 0.717) is 11.8 Å². The first-order valence-corrected chi connectivity index (χ1v) is 5.67. The van der Waals surface area contributed by atoms with Gasteiger partial charge in [-0.05, 0) is 31.6 Å². The summed E-state index contributed by atoms with van der Waals surface area (Å²) in [4.78, 5) is 12.1. The highest BCUT2D eigenvalue weighted by atomic mass is 16.3. The molecule has 0 aromatic heterocycles. The van der Waals surface area contributed by atoms with Gasteiger partial charge in [0.05, 0.1) is 6.10 Å².